The second-order valence-electron chi connectivity index (χ2n) is 11.6. The minimum Gasteiger partial charge on any atom is -0.744 e. The van der Waals surface area contributed by atoms with E-state index in [1.54, 1.807) is 0 Å². The van der Waals surface area contributed by atoms with Crippen LogP contribution in [-0.4, -0.2) is 62.1 Å². The molecule has 57 heavy (non-hydrogen) atoms. The smallest absolute Gasteiger partial charge is 0.744 e. The molecular weight excluding hydrogens is 840 g/mol. The summed E-state index contributed by atoms with van der Waals surface area (Å²) in [6, 6.07) is 19.3. The predicted molar refractivity (Wildman–Crippen MR) is 199 cm³/mol. The molecule has 6 aromatic rings. The quantitative estimate of drug-likeness (QED) is 0.0562. The van der Waals surface area contributed by atoms with Crippen LogP contribution >= 0.6 is 0 Å². The maximum Gasteiger partial charge on any atom is 1.00 e. The molecule has 6 aromatic carbocycles. The monoisotopic (exact) mass is 862 g/mol. The van der Waals surface area contributed by atoms with E-state index < -0.39 is 82.9 Å². The van der Waals surface area contributed by atoms with Crippen LogP contribution in [0.1, 0.15) is 11.1 Å². The molecule has 0 aliphatic rings. The van der Waals surface area contributed by atoms with Crippen LogP contribution in [0.3, 0.4) is 0 Å². The van der Waals surface area contributed by atoms with Crippen molar-refractivity contribution in [2.45, 2.75) is 19.6 Å². The number of aromatic hydroxyl groups is 2. The van der Waals surface area contributed by atoms with E-state index in [0.29, 0.717) is 0 Å². The zero-order valence-electron chi connectivity index (χ0n) is 28.7. The third kappa shape index (κ3) is 9.43. The maximum atomic E-state index is 12.4. The molecule has 0 unspecified atom stereocenters. The van der Waals surface area contributed by atoms with E-state index in [4.69, 9.17) is 0 Å². The third-order valence-electron chi connectivity index (χ3n) is 8.00. The summed E-state index contributed by atoms with van der Waals surface area (Å²) in [6.07, 6.45) is 2.14. The molecule has 0 fully saturated rings. The Balaban J connectivity index is 0.00000620. The van der Waals surface area contributed by atoms with Gasteiger partial charge in [-0.15, -0.1) is 10.2 Å². The molecule has 23 heteroatoms. The maximum absolute atomic E-state index is 12.4. The minimum atomic E-state index is -5.04. The summed E-state index contributed by atoms with van der Waals surface area (Å²) in [4.78, 5) is -2.79. The van der Waals surface area contributed by atoms with E-state index in [9.17, 15) is 62.1 Å². The Hall–Kier alpha value is -4.98. The van der Waals surface area contributed by atoms with Crippen molar-refractivity contribution in [3.63, 3.8) is 0 Å². The number of benzene rings is 6. The predicted octanol–water partition coefficient (Wildman–Crippen LogP) is 4.05. The molecule has 0 radical (unpaired) electrons. The standard InChI is InChI=1S/C34H24N4O14S4.Na/c39-33-25-7-3-1-5-23(25)31(55(47,48)49)17-27(33)37-35-21-13-11-19(29(15-21)53(41,42)43)9-10-20-12-14-22(16-30(20)54(44,45)46)36-38-28-18-32(56(50,51)52)24-6-2-4-8-26(24)34(28)40;/h1-18,39-40H,(H,41,42,43)(H,44,45,46)(H,47,48,49)(H,50,51,52);/q;+1/p-1/b10-9+,37-35?,38-36?;. The average Bonchev–Trinajstić information content (AvgIpc) is 3.12. The SMILES string of the molecule is O=S(=O)([O-])c1cc(N=Nc2ccc(/C=C/c3ccc(N=Nc4cc(S(=O)(=O)O)c5ccccc5c4O)cc3S(=O)(=O)O)c(S(=O)(=O)O)c2)c(O)c2ccccc12.[Na+]. The topological polar surface area (TPSA) is 310 Å². The van der Waals surface area contributed by atoms with E-state index in [-0.39, 0.29) is 73.6 Å². The molecule has 5 N–H and O–H groups in total. The molecule has 0 atom stereocenters. The molecule has 18 nitrogen and oxygen atoms in total. The van der Waals surface area contributed by atoms with Crippen molar-refractivity contribution in [1.29, 1.82) is 0 Å². The Bertz CT molecular complexity index is 2960. The van der Waals surface area contributed by atoms with Crippen LogP contribution in [0.15, 0.2) is 137 Å². The van der Waals surface area contributed by atoms with Crippen LogP contribution in [-0.2, 0) is 40.5 Å². The van der Waals surface area contributed by atoms with Gasteiger partial charge < -0.3 is 14.8 Å². The number of azo groups is 2. The molecule has 0 aliphatic carbocycles. The van der Waals surface area contributed by atoms with Crippen molar-refractivity contribution in [3.05, 3.63) is 108 Å². The van der Waals surface area contributed by atoms with Gasteiger partial charge in [-0.3, -0.25) is 13.7 Å². The summed E-state index contributed by atoms with van der Waals surface area (Å²) < 4.78 is 139. The van der Waals surface area contributed by atoms with Crippen LogP contribution in [0.5, 0.6) is 11.5 Å². The summed E-state index contributed by atoms with van der Waals surface area (Å²) in [5, 5.41) is 36.5. The van der Waals surface area contributed by atoms with Crippen molar-refractivity contribution in [1.82, 2.24) is 0 Å². The zero-order valence-corrected chi connectivity index (χ0v) is 34.0. The van der Waals surface area contributed by atoms with E-state index in [0.717, 1.165) is 48.6 Å². The largest absolute Gasteiger partial charge is 1.00 e. The van der Waals surface area contributed by atoms with Gasteiger partial charge in [-0.25, -0.2) is 8.42 Å². The Morgan fingerprint density at radius 3 is 1.18 bits per heavy atom. The fourth-order valence-corrected chi connectivity index (χ4v) is 8.32. The first-order valence-corrected chi connectivity index (χ1v) is 21.0. The number of phenolic OH excluding ortho intramolecular Hbond substituents is 2. The summed E-state index contributed by atoms with van der Waals surface area (Å²) in [5.41, 5.74) is -1.75. The molecule has 6 rings (SSSR count). The van der Waals surface area contributed by atoms with Gasteiger partial charge in [-0.2, -0.15) is 35.5 Å². The number of phenols is 2. The van der Waals surface area contributed by atoms with Gasteiger partial charge in [0.05, 0.1) is 16.3 Å². The van der Waals surface area contributed by atoms with Crippen molar-refractivity contribution in [2.24, 2.45) is 20.5 Å². The second-order valence-corrected chi connectivity index (χ2v) is 17.2. The normalized spacial score (nSPS) is 12.9. The Kier molecular flexibility index (Phi) is 12.2. The fraction of sp³-hybridized carbons (Fsp3) is 0. The average molecular weight is 863 g/mol. The number of nitrogens with zero attached hydrogens (tertiary/aromatic N) is 4. The van der Waals surface area contributed by atoms with Gasteiger partial charge in [0, 0.05) is 21.5 Å². The van der Waals surface area contributed by atoms with Crippen molar-refractivity contribution >= 4 is 96.9 Å². The second kappa shape index (κ2) is 16.1. The summed E-state index contributed by atoms with van der Waals surface area (Å²) >= 11 is 0. The molecule has 0 saturated heterocycles. The molecule has 0 saturated carbocycles. The van der Waals surface area contributed by atoms with Crippen LogP contribution < -0.4 is 29.6 Å². The molecule has 0 amide bonds. The minimum absolute atomic E-state index is 0. The van der Waals surface area contributed by atoms with Crippen LogP contribution in [0, 0.1) is 0 Å². The molecule has 0 aromatic heterocycles. The summed E-state index contributed by atoms with van der Waals surface area (Å²) in [7, 11) is -19.8. The molecule has 288 valence electrons. The van der Waals surface area contributed by atoms with Crippen LogP contribution in [0.4, 0.5) is 22.7 Å². The first-order valence-electron chi connectivity index (χ1n) is 15.3. The van der Waals surface area contributed by atoms with Crippen molar-refractivity contribution in [3.8, 4) is 11.5 Å². The summed E-state index contributed by atoms with van der Waals surface area (Å²) in [5.74, 6) is -1.05. The van der Waals surface area contributed by atoms with Crippen molar-refractivity contribution < 1.29 is 91.7 Å². The zero-order chi connectivity index (χ0) is 40.8. The molecule has 0 spiro atoms. The van der Waals surface area contributed by atoms with Crippen LogP contribution in [0.2, 0.25) is 0 Å². The van der Waals surface area contributed by atoms with Gasteiger partial charge in [0.25, 0.3) is 30.4 Å². The number of rotatable bonds is 10. The number of hydrogen-bond acceptors (Lipinski definition) is 15. The Morgan fingerprint density at radius 1 is 0.456 bits per heavy atom. The van der Waals surface area contributed by atoms with Gasteiger partial charge in [0.1, 0.15) is 36.2 Å². The molecule has 0 aliphatic heterocycles. The first kappa shape index (κ1) is 43.1. The summed E-state index contributed by atoms with van der Waals surface area (Å²) in [6.45, 7) is 0. The van der Waals surface area contributed by atoms with Gasteiger partial charge in [0.2, 0.25) is 0 Å². The molecule has 0 bridgehead atoms. The van der Waals surface area contributed by atoms with Gasteiger partial charge in [-0.05, 0) is 47.5 Å². The number of fused-ring (bicyclic) bond motifs is 2. The van der Waals surface area contributed by atoms with E-state index in [2.05, 4.69) is 20.5 Å². The van der Waals surface area contributed by atoms with Gasteiger partial charge in [-0.1, -0.05) is 72.8 Å². The van der Waals surface area contributed by atoms with Crippen LogP contribution in [0.25, 0.3) is 33.7 Å². The van der Waals surface area contributed by atoms with E-state index >= 15 is 0 Å². The van der Waals surface area contributed by atoms with E-state index in [1.165, 1.54) is 60.7 Å². The Morgan fingerprint density at radius 2 is 0.807 bits per heavy atom. The van der Waals surface area contributed by atoms with Gasteiger partial charge >= 0.3 is 29.6 Å². The molecular formula is C34H23N4NaO14S4. The first-order chi connectivity index (χ1) is 26.1. The fourth-order valence-electron chi connectivity index (χ4n) is 5.49. The Labute approximate surface area is 345 Å². The van der Waals surface area contributed by atoms with Crippen molar-refractivity contribution in [2.75, 3.05) is 0 Å². The number of hydrogen-bond donors (Lipinski definition) is 5. The van der Waals surface area contributed by atoms with Gasteiger partial charge in [0.15, 0.2) is 11.5 Å². The molecule has 0 heterocycles. The third-order valence-corrected chi connectivity index (χ3v) is 11.6. The van der Waals surface area contributed by atoms with E-state index in [1.807, 2.05) is 0 Å².